The lowest BCUT2D eigenvalue weighted by molar-refractivity contribution is 0.0963. The molecule has 0 heterocycles. The van der Waals surface area contributed by atoms with Gasteiger partial charge in [0, 0.05) is 39.3 Å². The number of amides is 1. The molecule has 0 unspecified atom stereocenters. The smallest absolute Gasteiger partial charge is 0.251 e. The summed E-state index contributed by atoms with van der Waals surface area (Å²) < 4.78 is 0. The van der Waals surface area contributed by atoms with Crippen molar-refractivity contribution in [1.82, 2.24) is 20.9 Å². The molecule has 0 spiro atoms. The summed E-state index contributed by atoms with van der Waals surface area (Å²) in [5, 5.41) is 9.37. The van der Waals surface area contributed by atoms with Crippen LogP contribution in [0.3, 0.4) is 0 Å². The van der Waals surface area contributed by atoms with Gasteiger partial charge < -0.3 is 20.9 Å². The molecule has 1 amide bonds. The van der Waals surface area contributed by atoms with Gasteiger partial charge in [0.25, 0.3) is 5.91 Å². The highest BCUT2D eigenvalue weighted by Gasteiger charge is 2.19. The van der Waals surface area contributed by atoms with Crippen molar-refractivity contribution < 1.29 is 4.79 Å². The molecule has 7 heteroatoms. The van der Waals surface area contributed by atoms with Gasteiger partial charge in [-0.2, -0.15) is 0 Å². The van der Waals surface area contributed by atoms with Crippen molar-refractivity contribution in [3.05, 3.63) is 35.4 Å². The first kappa shape index (κ1) is 24.7. The quantitative estimate of drug-likeness (QED) is 0.306. The van der Waals surface area contributed by atoms with Gasteiger partial charge >= 0.3 is 0 Å². The number of carbonyl (C=O) groups excluding carboxylic acids is 1. The minimum Gasteiger partial charge on any atom is -0.356 e. The van der Waals surface area contributed by atoms with Crippen LogP contribution in [0.15, 0.2) is 29.3 Å². The molecule has 6 nitrogen and oxygen atoms in total. The second kappa shape index (κ2) is 12.1. The van der Waals surface area contributed by atoms with E-state index in [1.54, 1.807) is 14.1 Å². The summed E-state index contributed by atoms with van der Waals surface area (Å²) in [6.07, 6.45) is 0.826. The predicted molar refractivity (Wildman–Crippen MR) is 121 cm³/mol. The number of rotatable bonds is 8. The van der Waals surface area contributed by atoms with Crippen LogP contribution >= 0.6 is 24.0 Å². The van der Waals surface area contributed by atoms with Crippen LogP contribution in [0, 0.1) is 5.41 Å². The van der Waals surface area contributed by atoms with E-state index in [1.807, 2.05) is 24.3 Å². The molecule has 1 aromatic carbocycles. The van der Waals surface area contributed by atoms with E-state index in [0.29, 0.717) is 5.56 Å². The normalized spacial score (nSPS) is 11.7. The van der Waals surface area contributed by atoms with Gasteiger partial charge in [-0.3, -0.25) is 9.79 Å². The van der Waals surface area contributed by atoms with Crippen molar-refractivity contribution in [3.8, 4) is 0 Å². The number of aliphatic imine (C=N–C) groups is 1. The molecule has 0 aliphatic rings. The fraction of sp³-hybridized carbons (Fsp3) is 0.579. The molecule has 0 saturated carbocycles. The number of nitrogens with zero attached hydrogens (tertiary/aromatic N) is 2. The molecule has 0 aromatic heterocycles. The lowest BCUT2D eigenvalue weighted by Gasteiger charge is -2.29. The molecule has 0 aliphatic heterocycles. The Balaban J connectivity index is 0.00000625. The third-order valence-electron chi connectivity index (χ3n) is 3.82. The van der Waals surface area contributed by atoms with Crippen molar-refractivity contribution in [1.29, 1.82) is 0 Å². The number of hydrogen-bond donors (Lipinski definition) is 3. The molecule has 1 rings (SSSR count). The van der Waals surface area contributed by atoms with E-state index < -0.39 is 0 Å². The number of guanidine groups is 1. The minimum absolute atomic E-state index is 0. The average Bonchev–Trinajstić information content (AvgIpc) is 2.56. The zero-order chi connectivity index (χ0) is 18.9. The first-order valence-corrected chi connectivity index (χ1v) is 8.67. The van der Waals surface area contributed by atoms with Crippen LogP contribution in [-0.4, -0.2) is 64.6 Å². The average molecular weight is 475 g/mol. The third-order valence-corrected chi connectivity index (χ3v) is 3.82. The van der Waals surface area contributed by atoms with E-state index in [-0.39, 0.29) is 35.3 Å². The lowest BCUT2D eigenvalue weighted by Crippen LogP contribution is -2.45. The number of nitrogens with one attached hydrogen (secondary N) is 3. The molecule has 0 aliphatic carbocycles. The van der Waals surface area contributed by atoms with Crippen LogP contribution in [0.2, 0.25) is 0 Å². The highest BCUT2D eigenvalue weighted by molar-refractivity contribution is 14.0. The van der Waals surface area contributed by atoms with Crippen LogP contribution in [-0.2, 0) is 6.42 Å². The van der Waals surface area contributed by atoms with E-state index in [9.17, 15) is 4.79 Å². The van der Waals surface area contributed by atoms with E-state index in [0.717, 1.165) is 37.6 Å². The van der Waals surface area contributed by atoms with Crippen LogP contribution < -0.4 is 16.0 Å². The van der Waals surface area contributed by atoms with Crippen molar-refractivity contribution in [2.75, 3.05) is 47.8 Å². The number of hydrogen-bond acceptors (Lipinski definition) is 3. The molecule has 148 valence electrons. The van der Waals surface area contributed by atoms with Crippen LogP contribution in [0.5, 0.6) is 0 Å². The van der Waals surface area contributed by atoms with Crippen molar-refractivity contribution in [3.63, 3.8) is 0 Å². The van der Waals surface area contributed by atoms with Gasteiger partial charge in [0.05, 0.1) is 0 Å². The summed E-state index contributed by atoms with van der Waals surface area (Å²) in [6.45, 7) is 7.07. The number of carbonyl (C=O) groups is 1. The highest BCUT2D eigenvalue weighted by atomic mass is 127. The summed E-state index contributed by atoms with van der Waals surface area (Å²) in [5.41, 5.74) is 1.97. The van der Waals surface area contributed by atoms with Gasteiger partial charge in [0.2, 0.25) is 0 Å². The molecular formula is C19H34IN5O. The second-order valence-corrected chi connectivity index (χ2v) is 7.28. The van der Waals surface area contributed by atoms with Crippen molar-refractivity contribution in [2.24, 2.45) is 10.4 Å². The van der Waals surface area contributed by atoms with Crippen LogP contribution in [0.25, 0.3) is 0 Å². The van der Waals surface area contributed by atoms with E-state index >= 15 is 0 Å². The summed E-state index contributed by atoms with van der Waals surface area (Å²) in [7, 11) is 7.59. The summed E-state index contributed by atoms with van der Waals surface area (Å²) in [6, 6.07) is 7.70. The number of benzene rings is 1. The molecule has 0 atom stereocenters. The standard InChI is InChI=1S/C19H33N5O.HI/c1-19(2,14-24(5)6)13-23-18(21-4)22-11-10-15-8-7-9-16(12-15)17(25)20-3;/h7-9,12H,10-11,13-14H2,1-6H3,(H,20,25)(H2,21,22,23);1H. The molecule has 0 bridgehead atoms. The van der Waals surface area contributed by atoms with E-state index in [2.05, 4.69) is 53.8 Å². The largest absolute Gasteiger partial charge is 0.356 e. The molecule has 0 saturated heterocycles. The fourth-order valence-corrected chi connectivity index (χ4v) is 2.79. The van der Waals surface area contributed by atoms with Crippen LogP contribution in [0.4, 0.5) is 0 Å². The molecule has 3 N–H and O–H groups in total. The van der Waals surface area contributed by atoms with Gasteiger partial charge in [-0.25, -0.2) is 0 Å². The SMILES string of the molecule is CN=C(NCCc1cccc(C(=O)NC)c1)NCC(C)(C)CN(C)C.I. The van der Waals surface area contributed by atoms with Gasteiger partial charge in [-0.1, -0.05) is 26.0 Å². The third kappa shape index (κ3) is 9.38. The van der Waals surface area contributed by atoms with Gasteiger partial charge in [0.15, 0.2) is 5.96 Å². The maximum Gasteiger partial charge on any atom is 0.251 e. The zero-order valence-electron chi connectivity index (χ0n) is 16.8. The topological polar surface area (TPSA) is 68.8 Å². The van der Waals surface area contributed by atoms with E-state index in [4.69, 9.17) is 0 Å². The van der Waals surface area contributed by atoms with Crippen molar-refractivity contribution in [2.45, 2.75) is 20.3 Å². The maximum absolute atomic E-state index is 11.7. The van der Waals surface area contributed by atoms with Crippen LogP contribution in [0.1, 0.15) is 29.8 Å². The van der Waals surface area contributed by atoms with Gasteiger partial charge in [-0.05, 0) is 43.6 Å². The van der Waals surface area contributed by atoms with Gasteiger partial charge in [0.1, 0.15) is 0 Å². The highest BCUT2D eigenvalue weighted by Crippen LogP contribution is 2.13. The molecule has 26 heavy (non-hydrogen) atoms. The monoisotopic (exact) mass is 475 g/mol. The Morgan fingerprint density at radius 1 is 1.23 bits per heavy atom. The van der Waals surface area contributed by atoms with E-state index in [1.165, 1.54) is 0 Å². The first-order chi connectivity index (χ1) is 11.8. The second-order valence-electron chi connectivity index (χ2n) is 7.28. The molecular weight excluding hydrogens is 441 g/mol. The fourth-order valence-electron chi connectivity index (χ4n) is 2.79. The minimum atomic E-state index is -0.0598. The predicted octanol–water partition coefficient (Wildman–Crippen LogP) is 1.96. The van der Waals surface area contributed by atoms with Gasteiger partial charge in [-0.15, -0.1) is 24.0 Å². The molecule has 0 radical (unpaired) electrons. The molecule has 1 aromatic rings. The Morgan fingerprint density at radius 3 is 2.50 bits per heavy atom. The first-order valence-electron chi connectivity index (χ1n) is 8.67. The zero-order valence-corrected chi connectivity index (χ0v) is 19.2. The summed E-state index contributed by atoms with van der Waals surface area (Å²) in [4.78, 5) is 18.2. The lowest BCUT2D eigenvalue weighted by atomic mass is 9.93. The Morgan fingerprint density at radius 2 is 1.92 bits per heavy atom. The Hall–Kier alpha value is -1.35. The number of halogens is 1. The Labute approximate surface area is 175 Å². The Kier molecular flexibility index (Phi) is 11.5. The molecule has 0 fully saturated rings. The summed E-state index contributed by atoms with van der Waals surface area (Å²) in [5.74, 6) is 0.740. The Bertz CT molecular complexity index is 587. The van der Waals surface area contributed by atoms with Crippen molar-refractivity contribution >= 4 is 35.8 Å². The summed E-state index contributed by atoms with van der Waals surface area (Å²) >= 11 is 0. The maximum atomic E-state index is 11.7.